The fourth-order valence-electron chi connectivity index (χ4n) is 2.93. The van der Waals surface area contributed by atoms with E-state index in [4.69, 9.17) is 13.2 Å². The van der Waals surface area contributed by atoms with E-state index in [1.807, 2.05) is 30.3 Å². The van der Waals surface area contributed by atoms with Crippen LogP contribution in [0.2, 0.25) is 0 Å². The fourth-order valence-corrected chi connectivity index (χ4v) is 3.84. The molecule has 0 bridgehead atoms. The Kier molecular flexibility index (Phi) is 7.87. The van der Waals surface area contributed by atoms with Crippen LogP contribution in [-0.4, -0.2) is 54.6 Å². The van der Waals surface area contributed by atoms with Crippen LogP contribution >= 0.6 is 0 Å². The molecule has 0 aliphatic carbocycles. The average molecular weight is 438 g/mol. The Balaban J connectivity index is 1.79. The van der Waals surface area contributed by atoms with Crippen LogP contribution in [0.5, 0.6) is 0 Å². The van der Waals surface area contributed by atoms with Crippen molar-refractivity contribution in [1.29, 1.82) is 0 Å². The maximum absolute atomic E-state index is 11.5. The Morgan fingerprint density at radius 3 is 2.52 bits per heavy atom. The second-order valence-electron chi connectivity index (χ2n) is 6.30. The van der Waals surface area contributed by atoms with Gasteiger partial charge in [-0.3, -0.25) is 9.17 Å². The number of hydrogen-bond donors (Lipinski definition) is 1. The SMILES string of the molecule is COS(=O)CCCN(CCCS(=O)O)c1ccc2nc(-c3ccncc3)oc2c1. The molecule has 0 saturated heterocycles. The number of rotatable bonds is 11. The predicted octanol–water partition coefficient (Wildman–Crippen LogP) is 3.01. The molecule has 3 rings (SSSR count). The highest BCUT2D eigenvalue weighted by Crippen LogP contribution is 2.27. The Bertz CT molecular complexity index is 980. The first kappa shape index (κ1) is 21.6. The first-order chi connectivity index (χ1) is 14.1. The van der Waals surface area contributed by atoms with Gasteiger partial charge in [-0.05, 0) is 37.1 Å². The lowest BCUT2D eigenvalue weighted by atomic mass is 10.2. The number of fused-ring (bicyclic) bond motifs is 1. The lowest BCUT2D eigenvalue weighted by Crippen LogP contribution is -2.27. The van der Waals surface area contributed by atoms with E-state index in [-0.39, 0.29) is 5.75 Å². The van der Waals surface area contributed by atoms with Crippen LogP contribution in [0.3, 0.4) is 0 Å². The third-order valence-electron chi connectivity index (χ3n) is 4.34. The summed E-state index contributed by atoms with van der Waals surface area (Å²) >= 11 is -3.12. The minimum Gasteiger partial charge on any atom is -0.436 e. The van der Waals surface area contributed by atoms with E-state index >= 15 is 0 Å². The molecule has 0 radical (unpaired) electrons. The zero-order valence-corrected chi connectivity index (χ0v) is 17.7. The molecule has 156 valence electrons. The van der Waals surface area contributed by atoms with Crippen molar-refractivity contribution in [1.82, 2.24) is 9.97 Å². The van der Waals surface area contributed by atoms with Crippen LogP contribution in [0, 0.1) is 0 Å². The molecule has 2 atom stereocenters. The Hall–Kier alpha value is -2.14. The van der Waals surface area contributed by atoms with Gasteiger partial charge in [0.15, 0.2) is 27.7 Å². The maximum atomic E-state index is 11.5. The van der Waals surface area contributed by atoms with Crippen molar-refractivity contribution in [3.8, 4) is 11.5 Å². The zero-order valence-electron chi connectivity index (χ0n) is 16.0. The van der Waals surface area contributed by atoms with Crippen molar-refractivity contribution in [2.24, 2.45) is 0 Å². The van der Waals surface area contributed by atoms with Crippen LogP contribution in [-0.2, 0) is 26.3 Å². The molecule has 10 heteroatoms. The van der Waals surface area contributed by atoms with Gasteiger partial charge < -0.3 is 13.9 Å². The lowest BCUT2D eigenvalue weighted by molar-refractivity contribution is 0.444. The van der Waals surface area contributed by atoms with Gasteiger partial charge in [0.2, 0.25) is 5.89 Å². The van der Waals surface area contributed by atoms with Crippen molar-refractivity contribution in [3.63, 3.8) is 0 Å². The summed E-state index contributed by atoms with van der Waals surface area (Å²) in [6.45, 7) is 1.24. The molecule has 1 N–H and O–H groups in total. The summed E-state index contributed by atoms with van der Waals surface area (Å²) in [4.78, 5) is 10.6. The monoisotopic (exact) mass is 437 g/mol. The highest BCUT2D eigenvalue weighted by atomic mass is 32.2. The van der Waals surface area contributed by atoms with E-state index in [1.165, 1.54) is 7.11 Å². The number of nitrogens with zero attached hydrogens (tertiary/aromatic N) is 3. The quantitative estimate of drug-likeness (QED) is 0.456. The van der Waals surface area contributed by atoms with Gasteiger partial charge in [-0.2, -0.15) is 0 Å². The zero-order chi connectivity index (χ0) is 20.6. The molecule has 2 aromatic heterocycles. The van der Waals surface area contributed by atoms with E-state index in [9.17, 15) is 8.42 Å². The average Bonchev–Trinajstić information content (AvgIpc) is 3.16. The summed E-state index contributed by atoms with van der Waals surface area (Å²) in [6, 6.07) is 9.43. The standard InChI is InChI=1S/C19H23N3O5S2/c1-26-29(25)13-3-11-22(10-2-12-28(23)24)16-4-5-17-18(14-16)27-19(21-17)15-6-8-20-9-7-15/h4-9,14H,2-3,10-13H2,1H3,(H,23,24). The largest absolute Gasteiger partial charge is 0.436 e. The van der Waals surface area contributed by atoms with Crippen LogP contribution in [0.1, 0.15) is 12.8 Å². The van der Waals surface area contributed by atoms with Crippen LogP contribution in [0.4, 0.5) is 5.69 Å². The van der Waals surface area contributed by atoms with E-state index in [2.05, 4.69) is 14.9 Å². The predicted molar refractivity (Wildman–Crippen MR) is 114 cm³/mol. The number of anilines is 1. The number of oxazole rings is 1. The molecule has 1 aromatic carbocycles. The van der Waals surface area contributed by atoms with Gasteiger partial charge in [-0.25, -0.2) is 13.4 Å². The van der Waals surface area contributed by atoms with Crippen LogP contribution in [0.15, 0.2) is 47.1 Å². The molecule has 2 unspecified atom stereocenters. The summed E-state index contributed by atoms with van der Waals surface area (Å²) in [5, 5.41) is 0. The van der Waals surface area contributed by atoms with Gasteiger partial charge in [-0.15, -0.1) is 0 Å². The van der Waals surface area contributed by atoms with Crippen molar-refractivity contribution >= 4 is 38.9 Å². The van der Waals surface area contributed by atoms with Crippen LogP contribution in [0.25, 0.3) is 22.6 Å². The number of benzene rings is 1. The second kappa shape index (κ2) is 10.6. The molecule has 0 amide bonds. The van der Waals surface area contributed by atoms with Crippen LogP contribution < -0.4 is 4.90 Å². The van der Waals surface area contributed by atoms with Crippen molar-refractivity contribution in [3.05, 3.63) is 42.7 Å². The topological polar surface area (TPSA) is 106 Å². The van der Waals surface area contributed by atoms with E-state index < -0.39 is 22.2 Å². The molecule has 3 aromatic rings. The Morgan fingerprint density at radius 1 is 1.10 bits per heavy atom. The first-order valence-corrected chi connectivity index (χ1v) is 11.6. The molecular formula is C19H23N3O5S2. The minimum atomic E-state index is -1.82. The maximum Gasteiger partial charge on any atom is 0.227 e. The highest BCUT2D eigenvalue weighted by molar-refractivity contribution is 7.80. The van der Waals surface area contributed by atoms with E-state index in [1.54, 1.807) is 12.4 Å². The third-order valence-corrected chi connectivity index (χ3v) is 5.97. The summed E-state index contributed by atoms with van der Waals surface area (Å²) in [7, 11) is 1.42. The highest BCUT2D eigenvalue weighted by Gasteiger charge is 2.13. The molecule has 2 heterocycles. The summed E-state index contributed by atoms with van der Waals surface area (Å²) in [6.07, 6.45) is 4.60. The number of aromatic nitrogens is 2. The van der Waals surface area contributed by atoms with Crippen molar-refractivity contribution in [2.75, 3.05) is 36.6 Å². The molecule has 29 heavy (non-hydrogen) atoms. The fraction of sp³-hybridized carbons (Fsp3) is 0.368. The van der Waals surface area contributed by atoms with Gasteiger partial charge in [0, 0.05) is 42.8 Å². The van der Waals surface area contributed by atoms with Gasteiger partial charge >= 0.3 is 0 Å². The normalized spacial score (nSPS) is 13.4. The number of hydrogen-bond acceptors (Lipinski definition) is 7. The van der Waals surface area contributed by atoms with Gasteiger partial charge in [0.05, 0.1) is 18.6 Å². The minimum absolute atomic E-state index is 0.206. The molecule has 0 fully saturated rings. The molecule has 0 aliphatic rings. The summed E-state index contributed by atoms with van der Waals surface area (Å²) in [5.74, 6) is 1.16. The van der Waals surface area contributed by atoms with Gasteiger partial charge in [0.25, 0.3) is 0 Å². The molecular weight excluding hydrogens is 414 g/mol. The van der Waals surface area contributed by atoms with Gasteiger partial charge in [0.1, 0.15) is 5.52 Å². The van der Waals surface area contributed by atoms with Crippen molar-refractivity contribution < 1.29 is 21.6 Å². The molecule has 0 saturated carbocycles. The van der Waals surface area contributed by atoms with E-state index in [0.717, 1.165) is 16.8 Å². The summed E-state index contributed by atoms with van der Waals surface area (Å²) < 4.78 is 42.3. The summed E-state index contributed by atoms with van der Waals surface area (Å²) in [5.41, 5.74) is 3.17. The number of pyridine rings is 1. The van der Waals surface area contributed by atoms with E-state index in [0.29, 0.717) is 43.2 Å². The smallest absolute Gasteiger partial charge is 0.227 e. The first-order valence-electron chi connectivity index (χ1n) is 9.13. The second-order valence-corrected chi connectivity index (χ2v) is 8.70. The Labute approximate surface area is 174 Å². The lowest BCUT2D eigenvalue weighted by Gasteiger charge is -2.24. The molecule has 8 nitrogen and oxygen atoms in total. The Morgan fingerprint density at radius 2 is 1.83 bits per heavy atom. The molecule has 0 aliphatic heterocycles. The molecule has 0 spiro atoms. The third kappa shape index (κ3) is 6.17. The van der Waals surface area contributed by atoms with Gasteiger partial charge in [-0.1, -0.05) is 0 Å². The van der Waals surface area contributed by atoms with Crippen molar-refractivity contribution in [2.45, 2.75) is 12.8 Å².